The second-order valence-corrected chi connectivity index (χ2v) is 1.35. The maximum absolute atomic E-state index is 7.92. The normalized spacial score (nSPS) is 9.60. The molecule has 0 bridgehead atoms. The van der Waals surface area contributed by atoms with Crippen molar-refractivity contribution in [2.24, 2.45) is 0 Å². The molecule has 0 aromatic carbocycles. The number of rotatable bonds is 1. The van der Waals surface area contributed by atoms with E-state index in [1.807, 2.05) is 0 Å². The summed E-state index contributed by atoms with van der Waals surface area (Å²) in [7, 11) is 1.53. The number of aliphatic hydroxyl groups is 2. The second-order valence-electron chi connectivity index (χ2n) is 0.769. The topological polar surface area (TPSA) is 40.5 Å². The Morgan fingerprint density at radius 3 is 1.80 bits per heavy atom. The fraction of sp³-hybridized carbons (Fsp3) is 1.00. The molecule has 0 unspecified atom stereocenters. The van der Waals surface area contributed by atoms with Gasteiger partial charge in [0.1, 0.15) is 6.29 Å². The molecule has 0 aliphatic heterocycles. The van der Waals surface area contributed by atoms with Crippen molar-refractivity contribution in [1.29, 1.82) is 0 Å². The lowest BCUT2D eigenvalue weighted by Gasteiger charge is -1.90. The smallest absolute Gasteiger partial charge is 0.148 e. The fourth-order valence-electron chi connectivity index (χ4n) is 0. The predicted octanol–water partition coefficient (Wildman–Crippen LogP) is -1.65. The Kier molecular flexibility index (Phi) is 2.44. The first-order valence-corrected chi connectivity index (χ1v) is 2.42. The second kappa shape index (κ2) is 2.38. The molecule has 0 aliphatic rings. The zero-order valence-corrected chi connectivity index (χ0v) is 4.30. The third-order valence-corrected chi connectivity index (χ3v) is 0.775. The van der Waals surface area contributed by atoms with Gasteiger partial charge in [-0.1, -0.05) is 0 Å². The number of hydrogen-bond donors (Lipinski definition) is 2. The maximum Gasteiger partial charge on any atom is 0.148 e. The van der Waals surface area contributed by atoms with E-state index >= 15 is 0 Å². The van der Waals surface area contributed by atoms with Gasteiger partial charge in [0.05, 0.1) is 0 Å². The Morgan fingerprint density at radius 2 is 1.80 bits per heavy atom. The Labute approximate surface area is 33.9 Å². The lowest BCUT2D eigenvalue weighted by Crippen LogP contribution is -2.00. The van der Waals surface area contributed by atoms with E-state index in [2.05, 4.69) is 0 Å². The van der Waals surface area contributed by atoms with E-state index in [0.29, 0.717) is 6.04 Å². The molecule has 31 valence electrons. The highest BCUT2D eigenvalue weighted by molar-refractivity contribution is 6.08. The van der Waals surface area contributed by atoms with Gasteiger partial charge in [0.15, 0.2) is 0 Å². The average Bonchev–Trinajstić information content (AvgIpc) is 1.38. The summed E-state index contributed by atoms with van der Waals surface area (Å²) in [5.41, 5.74) is 0. The SMILES string of the molecule is OC(O)C[SiH2]. The first-order valence-electron chi connectivity index (χ1n) is 1.42. The fourth-order valence-corrected chi connectivity index (χ4v) is 0. The van der Waals surface area contributed by atoms with Gasteiger partial charge in [0.25, 0.3) is 0 Å². The third-order valence-electron chi connectivity index (χ3n) is 0.258. The summed E-state index contributed by atoms with van der Waals surface area (Å²) >= 11 is 0. The Bertz CT molecular complexity index is 21.6. The van der Waals surface area contributed by atoms with E-state index < -0.39 is 6.29 Å². The molecule has 2 N–H and O–H groups in total. The van der Waals surface area contributed by atoms with Crippen LogP contribution in [0.15, 0.2) is 0 Å². The predicted molar refractivity (Wildman–Crippen MR) is 21.6 cm³/mol. The molecular weight excluding hydrogens is 84.1 g/mol. The highest BCUT2D eigenvalue weighted by atomic mass is 28.1. The summed E-state index contributed by atoms with van der Waals surface area (Å²) in [5.74, 6) is 0. The highest BCUT2D eigenvalue weighted by Gasteiger charge is 1.83. The maximum atomic E-state index is 7.92. The Morgan fingerprint density at radius 1 is 1.60 bits per heavy atom. The molecule has 0 rings (SSSR count). The van der Waals surface area contributed by atoms with Crippen LogP contribution >= 0.6 is 0 Å². The van der Waals surface area contributed by atoms with Gasteiger partial charge in [-0.3, -0.25) is 0 Å². The van der Waals surface area contributed by atoms with Crippen molar-refractivity contribution in [2.45, 2.75) is 12.3 Å². The van der Waals surface area contributed by atoms with Crippen molar-refractivity contribution < 1.29 is 10.2 Å². The molecule has 0 spiro atoms. The molecule has 3 heteroatoms. The van der Waals surface area contributed by atoms with Crippen LogP contribution in [0.25, 0.3) is 0 Å². The Balaban J connectivity index is 2.54. The molecule has 1 radical (unpaired) electrons. The van der Waals surface area contributed by atoms with Crippen molar-refractivity contribution in [3.63, 3.8) is 0 Å². The van der Waals surface area contributed by atoms with Crippen LogP contribution in [0, 0.1) is 0 Å². The van der Waals surface area contributed by atoms with Crippen LogP contribution in [-0.2, 0) is 0 Å². The zero-order chi connectivity index (χ0) is 4.28. The summed E-state index contributed by atoms with van der Waals surface area (Å²) in [4.78, 5) is 0. The molecule has 0 aromatic rings. The van der Waals surface area contributed by atoms with Crippen molar-refractivity contribution in [3.8, 4) is 0 Å². The van der Waals surface area contributed by atoms with Gasteiger partial charge in [0, 0.05) is 10.2 Å². The summed E-state index contributed by atoms with van der Waals surface area (Å²) in [6.45, 7) is 0. The van der Waals surface area contributed by atoms with Crippen LogP contribution in [-0.4, -0.2) is 26.7 Å². The molecule has 0 amide bonds. The lowest BCUT2D eigenvalue weighted by atomic mass is 10.8. The minimum atomic E-state index is -1.10. The van der Waals surface area contributed by atoms with Crippen molar-refractivity contribution >= 4 is 10.2 Å². The van der Waals surface area contributed by atoms with E-state index in [0.717, 1.165) is 0 Å². The van der Waals surface area contributed by atoms with Crippen molar-refractivity contribution in [1.82, 2.24) is 0 Å². The highest BCUT2D eigenvalue weighted by Crippen LogP contribution is 1.74. The van der Waals surface area contributed by atoms with Crippen LogP contribution in [0.2, 0.25) is 6.04 Å². The van der Waals surface area contributed by atoms with Gasteiger partial charge in [-0.2, -0.15) is 0 Å². The third kappa shape index (κ3) is 4.14. The molecular formula is C2H7O2Si. The van der Waals surface area contributed by atoms with Gasteiger partial charge in [-0.15, -0.1) is 0 Å². The van der Waals surface area contributed by atoms with Crippen molar-refractivity contribution in [3.05, 3.63) is 0 Å². The van der Waals surface area contributed by atoms with Crippen LogP contribution < -0.4 is 0 Å². The Hall–Kier alpha value is 0.137. The van der Waals surface area contributed by atoms with Crippen molar-refractivity contribution in [2.75, 3.05) is 0 Å². The molecule has 0 saturated heterocycles. The molecule has 5 heavy (non-hydrogen) atoms. The van der Waals surface area contributed by atoms with Gasteiger partial charge < -0.3 is 10.2 Å². The van der Waals surface area contributed by atoms with E-state index in [1.54, 1.807) is 0 Å². The van der Waals surface area contributed by atoms with Crippen LogP contribution in [0.4, 0.5) is 0 Å². The first kappa shape index (κ1) is 5.14. The van der Waals surface area contributed by atoms with E-state index in [1.165, 1.54) is 10.2 Å². The van der Waals surface area contributed by atoms with Gasteiger partial charge in [-0.05, 0) is 6.04 Å². The van der Waals surface area contributed by atoms with Gasteiger partial charge in [-0.25, -0.2) is 0 Å². The van der Waals surface area contributed by atoms with E-state index in [-0.39, 0.29) is 0 Å². The summed E-state index contributed by atoms with van der Waals surface area (Å²) in [6.07, 6.45) is -1.10. The molecule has 0 aromatic heterocycles. The molecule has 2 nitrogen and oxygen atoms in total. The summed E-state index contributed by atoms with van der Waals surface area (Å²) < 4.78 is 0. The minimum absolute atomic E-state index is 0.444. The average molecular weight is 91.2 g/mol. The molecule has 0 heterocycles. The summed E-state index contributed by atoms with van der Waals surface area (Å²) in [5, 5.41) is 15.8. The first-order chi connectivity index (χ1) is 2.27. The molecule has 0 atom stereocenters. The van der Waals surface area contributed by atoms with Gasteiger partial charge in [0.2, 0.25) is 0 Å². The van der Waals surface area contributed by atoms with Gasteiger partial charge >= 0.3 is 0 Å². The number of aliphatic hydroxyl groups excluding tert-OH is 1. The molecule has 0 fully saturated rings. The molecule has 0 saturated carbocycles. The summed E-state index contributed by atoms with van der Waals surface area (Å²) in [6, 6.07) is 0.444. The quantitative estimate of drug-likeness (QED) is 0.300. The largest absolute Gasteiger partial charge is 0.369 e. The monoisotopic (exact) mass is 91.0 g/mol. The van der Waals surface area contributed by atoms with Crippen LogP contribution in [0.5, 0.6) is 0 Å². The lowest BCUT2D eigenvalue weighted by molar-refractivity contribution is -0.0221. The standard InChI is InChI=1S/C2H7O2Si/c3-2(4)1-5/h2-4H,1,5H2. The van der Waals surface area contributed by atoms with Crippen LogP contribution in [0.3, 0.4) is 0 Å². The molecule has 0 aliphatic carbocycles. The van der Waals surface area contributed by atoms with E-state index in [9.17, 15) is 0 Å². The van der Waals surface area contributed by atoms with E-state index in [4.69, 9.17) is 10.2 Å². The number of hydrogen-bond acceptors (Lipinski definition) is 2. The van der Waals surface area contributed by atoms with Crippen LogP contribution in [0.1, 0.15) is 0 Å². The minimum Gasteiger partial charge on any atom is -0.369 e. The zero-order valence-electron chi connectivity index (χ0n) is 2.89.